The highest BCUT2D eigenvalue weighted by Crippen LogP contribution is 2.46. The molecule has 0 saturated carbocycles. The third-order valence-electron chi connectivity index (χ3n) is 7.68. The monoisotopic (exact) mass is 442 g/mol. The van der Waals surface area contributed by atoms with Crippen molar-refractivity contribution in [1.82, 2.24) is 14.7 Å². The Morgan fingerprint density at radius 2 is 1.72 bits per heavy atom. The van der Waals surface area contributed by atoms with Crippen LogP contribution in [0.2, 0.25) is 0 Å². The van der Waals surface area contributed by atoms with Crippen molar-refractivity contribution < 1.29 is 14.3 Å². The molecule has 3 heterocycles. The van der Waals surface area contributed by atoms with Crippen molar-refractivity contribution >= 4 is 17.8 Å². The van der Waals surface area contributed by atoms with Gasteiger partial charge in [0.1, 0.15) is 0 Å². The quantitative estimate of drug-likeness (QED) is 0.697. The summed E-state index contributed by atoms with van der Waals surface area (Å²) in [6.45, 7) is 6.82. The predicted molar refractivity (Wildman–Crippen MR) is 126 cm³/mol. The summed E-state index contributed by atoms with van der Waals surface area (Å²) in [5.41, 5.74) is 2.60. The molecule has 0 aromatic heterocycles. The van der Waals surface area contributed by atoms with Gasteiger partial charge in [0.05, 0.1) is 6.61 Å². The first-order valence-electron chi connectivity index (χ1n) is 12.2. The van der Waals surface area contributed by atoms with E-state index in [1.165, 1.54) is 5.56 Å². The summed E-state index contributed by atoms with van der Waals surface area (Å²) in [6, 6.07) is 9.18. The van der Waals surface area contributed by atoms with Gasteiger partial charge in [-0.2, -0.15) is 0 Å². The molecule has 2 fully saturated rings. The molecule has 0 aliphatic carbocycles. The van der Waals surface area contributed by atoms with E-state index in [0.29, 0.717) is 12.6 Å². The largest absolute Gasteiger partial charge is 0.450 e. The fraction of sp³-hybridized carbons (Fsp3) is 0.680. The third kappa shape index (κ3) is 4.45. The molecule has 3 amide bonds. The second-order valence-corrected chi connectivity index (χ2v) is 9.68. The molecule has 2 saturated heterocycles. The molecule has 3 aliphatic heterocycles. The van der Waals surface area contributed by atoms with E-state index in [-0.39, 0.29) is 17.5 Å². The molecule has 0 unspecified atom stereocenters. The van der Waals surface area contributed by atoms with Crippen LogP contribution in [0.3, 0.4) is 0 Å². The zero-order chi connectivity index (χ0) is 22.7. The van der Waals surface area contributed by atoms with Gasteiger partial charge in [0.25, 0.3) is 0 Å². The number of rotatable bonds is 2. The Bertz CT molecular complexity index is 811. The summed E-state index contributed by atoms with van der Waals surface area (Å²) in [5, 5.41) is 0. The van der Waals surface area contributed by atoms with E-state index in [4.69, 9.17) is 4.74 Å². The van der Waals surface area contributed by atoms with Crippen molar-refractivity contribution in [2.75, 3.05) is 58.3 Å². The van der Waals surface area contributed by atoms with Gasteiger partial charge < -0.3 is 19.4 Å². The minimum Gasteiger partial charge on any atom is -0.450 e. The Kier molecular flexibility index (Phi) is 6.93. The van der Waals surface area contributed by atoms with Gasteiger partial charge in [-0.05, 0) is 75.6 Å². The van der Waals surface area contributed by atoms with Crippen LogP contribution in [0.5, 0.6) is 0 Å². The Labute approximate surface area is 192 Å². The minimum absolute atomic E-state index is 0.0697. The Hall–Kier alpha value is -2.28. The second-order valence-electron chi connectivity index (χ2n) is 9.68. The summed E-state index contributed by atoms with van der Waals surface area (Å²) in [5.74, 6) is 0. The number of carbonyl (C=O) groups excluding carboxylic acids is 2. The van der Waals surface area contributed by atoms with E-state index in [0.717, 1.165) is 76.9 Å². The lowest BCUT2D eigenvalue weighted by Crippen LogP contribution is -2.51. The average Bonchev–Trinajstić information content (AvgIpc) is 2.97. The number of hydrogen-bond donors (Lipinski definition) is 0. The summed E-state index contributed by atoms with van der Waals surface area (Å²) >= 11 is 0. The van der Waals surface area contributed by atoms with Crippen LogP contribution in [0.1, 0.15) is 51.0 Å². The number of fused-ring (bicyclic) bond motifs is 2. The highest BCUT2D eigenvalue weighted by molar-refractivity contribution is 5.93. The number of amides is 3. The van der Waals surface area contributed by atoms with Crippen LogP contribution in [0, 0.1) is 0 Å². The molecular weight excluding hydrogens is 404 g/mol. The summed E-state index contributed by atoms with van der Waals surface area (Å²) in [7, 11) is 3.66. The maximum absolute atomic E-state index is 12.9. The van der Waals surface area contributed by atoms with E-state index < -0.39 is 0 Å². The van der Waals surface area contributed by atoms with Crippen molar-refractivity contribution in [3.05, 3.63) is 29.8 Å². The lowest BCUT2D eigenvalue weighted by atomic mass is 9.69. The lowest BCUT2D eigenvalue weighted by molar-refractivity contribution is 0.0549. The number of likely N-dealkylation sites (tertiary alicyclic amines) is 2. The van der Waals surface area contributed by atoms with Crippen molar-refractivity contribution in [3.8, 4) is 0 Å². The van der Waals surface area contributed by atoms with Gasteiger partial charge in [0.15, 0.2) is 0 Å². The first kappa shape index (κ1) is 22.9. The number of hydrogen-bond acceptors (Lipinski definition) is 4. The maximum Gasteiger partial charge on any atom is 0.409 e. The molecule has 0 atom stereocenters. The molecule has 3 aliphatic rings. The number of urea groups is 1. The maximum atomic E-state index is 12.9. The Morgan fingerprint density at radius 1 is 1.03 bits per heavy atom. The molecular formula is C25H38N4O3. The number of ether oxygens (including phenoxy) is 1. The van der Waals surface area contributed by atoms with Crippen LogP contribution in [-0.4, -0.2) is 86.3 Å². The van der Waals surface area contributed by atoms with Crippen molar-refractivity contribution in [2.45, 2.75) is 56.9 Å². The van der Waals surface area contributed by atoms with Crippen molar-refractivity contribution in [3.63, 3.8) is 0 Å². The van der Waals surface area contributed by atoms with Gasteiger partial charge in [-0.15, -0.1) is 0 Å². The van der Waals surface area contributed by atoms with Gasteiger partial charge in [0, 0.05) is 45.5 Å². The molecule has 1 aromatic rings. The normalized spacial score (nSPS) is 21.7. The predicted octanol–water partition coefficient (Wildman–Crippen LogP) is 3.92. The van der Waals surface area contributed by atoms with Crippen LogP contribution in [0.25, 0.3) is 0 Å². The van der Waals surface area contributed by atoms with E-state index in [1.54, 1.807) is 4.90 Å². The molecule has 0 radical (unpaired) electrons. The molecule has 0 bridgehead atoms. The third-order valence-corrected chi connectivity index (χ3v) is 7.68. The van der Waals surface area contributed by atoms with Gasteiger partial charge in [-0.3, -0.25) is 4.90 Å². The molecule has 4 rings (SSSR count). The van der Waals surface area contributed by atoms with Crippen LogP contribution >= 0.6 is 0 Å². The number of para-hydroxylation sites is 1. The van der Waals surface area contributed by atoms with Crippen LogP contribution < -0.4 is 4.90 Å². The minimum atomic E-state index is -0.171. The smallest absolute Gasteiger partial charge is 0.409 e. The van der Waals surface area contributed by atoms with Gasteiger partial charge >= 0.3 is 12.1 Å². The second kappa shape index (κ2) is 9.69. The van der Waals surface area contributed by atoms with Gasteiger partial charge in [0.2, 0.25) is 0 Å². The number of nitrogens with zero attached hydrogens (tertiary/aromatic N) is 4. The van der Waals surface area contributed by atoms with Crippen LogP contribution in [-0.2, 0) is 10.2 Å². The van der Waals surface area contributed by atoms with Crippen molar-refractivity contribution in [1.29, 1.82) is 0 Å². The van der Waals surface area contributed by atoms with E-state index >= 15 is 0 Å². The summed E-state index contributed by atoms with van der Waals surface area (Å²) < 4.78 is 5.16. The summed E-state index contributed by atoms with van der Waals surface area (Å²) in [4.78, 5) is 33.0. The molecule has 7 nitrogen and oxygen atoms in total. The SMILES string of the molecule is CCOC(=O)N1CCC(N2CCC3(CCCN(C(=O)N(C)C)c4ccccc43)CC2)CC1. The highest BCUT2D eigenvalue weighted by atomic mass is 16.6. The first-order chi connectivity index (χ1) is 15.4. The van der Waals surface area contributed by atoms with E-state index in [9.17, 15) is 9.59 Å². The van der Waals surface area contributed by atoms with E-state index in [1.807, 2.05) is 30.8 Å². The Morgan fingerprint density at radius 3 is 2.38 bits per heavy atom. The molecule has 7 heteroatoms. The topological polar surface area (TPSA) is 56.3 Å². The fourth-order valence-electron chi connectivity index (χ4n) is 5.89. The molecule has 176 valence electrons. The number of benzene rings is 1. The average molecular weight is 443 g/mol. The molecule has 0 N–H and O–H groups in total. The summed E-state index contributed by atoms with van der Waals surface area (Å²) in [6.07, 6.45) is 6.30. The lowest BCUT2D eigenvalue weighted by Gasteiger charge is -2.46. The van der Waals surface area contributed by atoms with Gasteiger partial charge in [-0.25, -0.2) is 9.59 Å². The number of piperidine rings is 2. The van der Waals surface area contributed by atoms with E-state index in [2.05, 4.69) is 29.2 Å². The first-order valence-corrected chi connectivity index (χ1v) is 12.2. The van der Waals surface area contributed by atoms with Crippen LogP contribution in [0.4, 0.5) is 15.3 Å². The molecule has 1 aromatic carbocycles. The van der Waals surface area contributed by atoms with Crippen LogP contribution in [0.15, 0.2) is 24.3 Å². The fourth-order valence-corrected chi connectivity index (χ4v) is 5.89. The van der Waals surface area contributed by atoms with Crippen molar-refractivity contribution in [2.24, 2.45) is 0 Å². The Balaban J connectivity index is 1.44. The zero-order valence-corrected chi connectivity index (χ0v) is 19.9. The molecule has 32 heavy (non-hydrogen) atoms. The number of carbonyl (C=O) groups is 2. The molecule has 1 spiro atoms. The zero-order valence-electron chi connectivity index (χ0n) is 19.9. The number of anilines is 1. The highest BCUT2D eigenvalue weighted by Gasteiger charge is 2.42. The van der Waals surface area contributed by atoms with Gasteiger partial charge in [-0.1, -0.05) is 18.2 Å². The standard InChI is InChI=1S/C25H38N4O3/c1-4-32-24(31)28-16-10-20(11-17-28)27-18-13-25(14-19-27)12-7-15-29(23(30)26(2)3)22-9-6-5-8-21(22)25/h5-6,8-9,20H,4,7,10-19H2,1-3H3.